The summed E-state index contributed by atoms with van der Waals surface area (Å²) in [6.45, 7) is -0.496. The number of aliphatic carboxylic acids is 1. The van der Waals surface area contributed by atoms with Crippen LogP contribution in [0.5, 0.6) is 0 Å². The molecule has 1 saturated carbocycles. The van der Waals surface area contributed by atoms with Crippen molar-refractivity contribution in [2.45, 2.75) is 12.8 Å². The molecular formula is C12H13NO4. The van der Waals surface area contributed by atoms with Gasteiger partial charge in [-0.05, 0) is 24.7 Å². The number of fused-ring (bicyclic) bond motifs is 1. The second kappa shape index (κ2) is 3.42. The number of amides is 2. The van der Waals surface area contributed by atoms with Gasteiger partial charge in [0, 0.05) is 0 Å². The lowest BCUT2D eigenvalue weighted by molar-refractivity contribution is -0.149. The monoisotopic (exact) mass is 235 g/mol. The number of likely N-dealkylation sites (tertiary alicyclic amines) is 1. The van der Waals surface area contributed by atoms with Crippen LogP contribution in [0.3, 0.4) is 0 Å². The van der Waals surface area contributed by atoms with Gasteiger partial charge in [0.05, 0.1) is 11.8 Å². The van der Waals surface area contributed by atoms with Crippen LogP contribution in [-0.4, -0.2) is 34.3 Å². The van der Waals surface area contributed by atoms with E-state index in [4.69, 9.17) is 5.11 Å². The number of nitrogens with zero attached hydrogens (tertiary/aromatic N) is 1. The summed E-state index contributed by atoms with van der Waals surface area (Å²) in [4.78, 5) is 35.8. The van der Waals surface area contributed by atoms with Crippen molar-refractivity contribution in [2.75, 3.05) is 6.54 Å². The van der Waals surface area contributed by atoms with E-state index in [0.29, 0.717) is 0 Å². The first-order valence-electron chi connectivity index (χ1n) is 5.85. The number of rotatable bonds is 2. The van der Waals surface area contributed by atoms with E-state index in [0.717, 1.165) is 17.7 Å². The molecule has 0 aromatic carbocycles. The fraction of sp³-hybridized carbons (Fsp3) is 0.583. The van der Waals surface area contributed by atoms with Crippen LogP contribution < -0.4 is 0 Å². The summed E-state index contributed by atoms with van der Waals surface area (Å²) in [5.41, 5.74) is 0. The second-order valence-electron chi connectivity index (χ2n) is 5.00. The average molecular weight is 235 g/mol. The molecule has 2 fully saturated rings. The van der Waals surface area contributed by atoms with Crippen molar-refractivity contribution in [1.29, 1.82) is 0 Å². The van der Waals surface area contributed by atoms with E-state index in [1.807, 2.05) is 12.2 Å². The molecular weight excluding hydrogens is 222 g/mol. The Morgan fingerprint density at radius 3 is 2.00 bits per heavy atom. The van der Waals surface area contributed by atoms with Gasteiger partial charge in [0.15, 0.2) is 0 Å². The number of carbonyl (C=O) groups excluding carboxylic acids is 2. The highest BCUT2D eigenvalue weighted by Crippen LogP contribution is 2.49. The van der Waals surface area contributed by atoms with E-state index in [-0.39, 0.29) is 35.5 Å². The van der Waals surface area contributed by atoms with E-state index >= 15 is 0 Å². The minimum absolute atomic E-state index is 0.125. The van der Waals surface area contributed by atoms with E-state index < -0.39 is 12.5 Å². The summed E-state index contributed by atoms with van der Waals surface area (Å²) in [6.07, 6.45) is 5.90. The Kier molecular flexibility index (Phi) is 2.11. The maximum absolute atomic E-state index is 12.1. The van der Waals surface area contributed by atoms with Crippen molar-refractivity contribution in [2.24, 2.45) is 23.7 Å². The number of hydrogen-bond acceptors (Lipinski definition) is 3. The molecule has 17 heavy (non-hydrogen) atoms. The Bertz CT molecular complexity index is 410. The first-order chi connectivity index (χ1) is 8.09. The van der Waals surface area contributed by atoms with Gasteiger partial charge in [-0.2, -0.15) is 0 Å². The predicted octanol–water partition coefficient (Wildman–Crippen LogP) is 0.268. The first-order valence-corrected chi connectivity index (χ1v) is 5.85. The second-order valence-corrected chi connectivity index (χ2v) is 5.00. The number of carboxylic acid groups (broad SMARTS) is 1. The van der Waals surface area contributed by atoms with Gasteiger partial charge in [0.2, 0.25) is 11.8 Å². The van der Waals surface area contributed by atoms with Gasteiger partial charge < -0.3 is 5.11 Å². The molecule has 90 valence electrons. The van der Waals surface area contributed by atoms with Crippen molar-refractivity contribution < 1.29 is 19.5 Å². The Hall–Kier alpha value is -1.65. The third-order valence-electron chi connectivity index (χ3n) is 4.14. The molecule has 4 aliphatic rings. The Morgan fingerprint density at radius 1 is 1.18 bits per heavy atom. The molecule has 5 nitrogen and oxygen atoms in total. The zero-order chi connectivity index (χ0) is 12.2. The summed E-state index contributed by atoms with van der Waals surface area (Å²) in [5, 5.41) is 8.73. The molecule has 0 radical (unpaired) electrons. The van der Waals surface area contributed by atoms with Crippen molar-refractivity contribution in [3.8, 4) is 0 Å². The first kappa shape index (κ1) is 10.5. The van der Waals surface area contributed by atoms with Crippen LogP contribution in [0.25, 0.3) is 0 Å². The summed E-state index contributed by atoms with van der Waals surface area (Å²) in [5.74, 6) is -2.06. The van der Waals surface area contributed by atoms with Crippen LogP contribution in [0.1, 0.15) is 12.8 Å². The molecule has 0 spiro atoms. The summed E-state index contributed by atoms with van der Waals surface area (Å²) in [6, 6.07) is 0. The SMILES string of the molecule is O=C(O)CN1C(=O)[C@H]2[C@H](C1=O)[C@H]1C=C[C@H]2CC1. The van der Waals surface area contributed by atoms with Crippen LogP contribution in [0.15, 0.2) is 12.2 Å². The normalized spacial score (nSPS) is 38.7. The highest BCUT2D eigenvalue weighted by Gasteiger charge is 2.56. The van der Waals surface area contributed by atoms with Crippen LogP contribution in [0.2, 0.25) is 0 Å². The molecule has 2 bridgehead atoms. The molecule has 3 aliphatic carbocycles. The van der Waals surface area contributed by atoms with Crippen LogP contribution >= 0.6 is 0 Å². The van der Waals surface area contributed by atoms with Crippen LogP contribution in [0.4, 0.5) is 0 Å². The number of hydrogen-bond donors (Lipinski definition) is 1. The zero-order valence-corrected chi connectivity index (χ0v) is 9.20. The highest BCUT2D eigenvalue weighted by atomic mass is 16.4. The minimum Gasteiger partial charge on any atom is -0.480 e. The van der Waals surface area contributed by atoms with Gasteiger partial charge in [-0.1, -0.05) is 12.2 Å². The fourth-order valence-electron chi connectivity index (χ4n) is 3.43. The molecule has 0 aromatic heterocycles. The molecule has 4 atom stereocenters. The molecule has 0 aromatic rings. The van der Waals surface area contributed by atoms with Crippen LogP contribution in [-0.2, 0) is 14.4 Å². The predicted molar refractivity (Wildman–Crippen MR) is 56.7 cm³/mol. The van der Waals surface area contributed by atoms with Gasteiger partial charge in [-0.15, -0.1) is 0 Å². The van der Waals surface area contributed by atoms with Crippen LogP contribution in [0, 0.1) is 23.7 Å². The summed E-state index contributed by atoms with van der Waals surface area (Å²) >= 11 is 0. The highest BCUT2D eigenvalue weighted by molar-refractivity contribution is 6.07. The Labute approximate surface area is 98.1 Å². The van der Waals surface area contributed by atoms with E-state index in [9.17, 15) is 14.4 Å². The standard InChI is InChI=1S/C12H13NO4/c14-8(15)5-13-11(16)9-6-1-2-7(4-3-6)10(9)12(13)17/h1-2,6-7,9-10H,3-5H2,(H,14,15)/t6-,7-,9+,10+/m0/s1. The quantitative estimate of drug-likeness (QED) is 0.550. The lowest BCUT2D eigenvalue weighted by atomic mass is 9.63. The van der Waals surface area contributed by atoms with Gasteiger partial charge in [0.25, 0.3) is 0 Å². The van der Waals surface area contributed by atoms with Gasteiger partial charge in [-0.25, -0.2) is 0 Å². The van der Waals surface area contributed by atoms with Crippen molar-refractivity contribution >= 4 is 17.8 Å². The maximum atomic E-state index is 12.1. The molecule has 1 saturated heterocycles. The lowest BCUT2D eigenvalue weighted by Crippen LogP contribution is -2.38. The molecule has 1 N–H and O–H groups in total. The third kappa shape index (κ3) is 1.34. The summed E-state index contributed by atoms with van der Waals surface area (Å²) < 4.78 is 0. The molecule has 4 rings (SSSR count). The maximum Gasteiger partial charge on any atom is 0.323 e. The lowest BCUT2D eigenvalue weighted by Gasteiger charge is -2.38. The molecule has 0 unspecified atom stereocenters. The van der Waals surface area contributed by atoms with Crippen molar-refractivity contribution in [1.82, 2.24) is 4.90 Å². The number of carboxylic acids is 1. The van der Waals surface area contributed by atoms with E-state index in [1.165, 1.54) is 0 Å². The Morgan fingerprint density at radius 2 is 1.65 bits per heavy atom. The topological polar surface area (TPSA) is 74.7 Å². The van der Waals surface area contributed by atoms with Gasteiger partial charge in [0.1, 0.15) is 6.54 Å². The Balaban J connectivity index is 1.94. The molecule has 5 heteroatoms. The van der Waals surface area contributed by atoms with Crippen molar-refractivity contribution in [3.05, 3.63) is 12.2 Å². The van der Waals surface area contributed by atoms with Gasteiger partial charge >= 0.3 is 5.97 Å². The number of carbonyl (C=O) groups is 3. The van der Waals surface area contributed by atoms with E-state index in [1.54, 1.807) is 0 Å². The molecule has 1 aliphatic heterocycles. The largest absolute Gasteiger partial charge is 0.480 e. The fourth-order valence-corrected chi connectivity index (χ4v) is 3.43. The number of imide groups is 1. The number of allylic oxidation sites excluding steroid dienone is 2. The molecule has 1 heterocycles. The third-order valence-corrected chi connectivity index (χ3v) is 4.14. The average Bonchev–Trinajstić information content (AvgIpc) is 2.57. The van der Waals surface area contributed by atoms with Gasteiger partial charge in [-0.3, -0.25) is 19.3 Å². The smallest absolute Gasteiger partial charge is 0.323 e. The summed E-state index contributed by atoms with van der Waals surface area (Å²) in [7, 11) is 0. The zero-order valence-electron chi connectivity index (χ0n) is 9.20. The van der Waals surface area contributed by atoms with E-state index in [2.05, 4.69) is 0 Å². The molecule has 2 amide bonds. The van der Waals surface area contributed by atoms with Crippen molar-refractivity contribution in [3.63, 3.8) is 0 Å². The minimum atomic E-state index is -1.13.